The smallest absolute Gasteiger partial charge is 0.198 e. The van der Waals surface area contributed by atoms with E-state index in [-0.39, 0.29) is 13.0 Å². The lowest BCUT2D eigenvalue weighted by atomic mass is 10.5. The number of hydrogen-bond donors (Lipinski definition) is 1. The van der Waals surface area contributed by atoms with Gasteiger partial charge in [-0.15, -0.1) is 4.52 Å². The fraction of sp³-hybridized carbons (Fsp3) is 0.667. The maximum atomic E-state index is 10.00. The molecule has 0 fully saturated rings. The molecule has 0 N–H and O–H groups in total. The lowest BCUT2D eigenvalue weighted by Crippen LogP contribution is -1.79. The minimum absolute atomic E-state index is 0.204. The fourth-order valence-electron chi connectivity index (χ4n) is 0.169. The molecule has 0 spiro atoms. The third kappa shape index (κ3) is 5.90. The quantitative estimate of drug-likeness (QED) is 0.377. The molecule has 0 saturated heterocycles. The molecule has 0 radical (unpaired) electrons. The lowest BCUT2D eigenvalue weighted by Gasteiger charge is -1.75. The summed E-state index contributed by atoms with van der Waals surface area (Å²) >= 11 is 3.45. The lowest BCUT2D eigenvalue weighted by molar-refractivity contribution is 0.348. The maximum Gasteiger partial charge on any atom is 0.582 e. The highest BCUT2D eigenvalue weighted by Gasteiger charge is 2.06. The van der Waals surface area contributed by atoms with Crippen LogP contribution in [0.2, 0.25) is 0 Å². The highest BCUT2D eigenvalue weighted by atomic mass is 32.7. The predicted molar refractivity (Wildman–Crippen MR) is 32.8 cm³/mol. The first-order valence-electron chi connectivity index (χ1n) is 1.93. The van der Waals surface area contributed by atoms with Crippen LogP contribution in [0.4, 0.5) is 0 Å². The van der Waals surface area contributed by atoms with Crippen molar-refractivity contribution in [3.63, 3.8) is 0 Å². The van der Waals surface area contributed by atoms with E-state index in [4.69, 9.17) is 5.26 Å². The van der Waals surface area contributed by atoms with Crippen molar-refractivity contribution in [3.05, 3.63) is 0 Å². The molecule has 1 atom stereocenters. The Hall–Kier alpha value is -0.100. The number of thiol groups is 1. The zero-order valence-corrected chi connectivity index (χ0v) is 5.86. The molecule has 0 aliphatic rings. The summed E-state index contributed by atoms with van der Waals surface area (Å²) in [7, 11) is -1.82. The molecule has 0 heterocycles. The van der Waals surface area contributed by atoms with Crippen molar-refractivity contribution in [2.24, 2.45) is 0 Å². The van der Waals surface area contributed by atoms with Crippen molar-refractivity contribution >= 4 is 19.5 Å². The summed E-state index contributed by atoms with van der Waals surface area (Å²) in [6.45, 7) is 0.204. The van der Waals surface area contributed by atoms with Gasteiger partial charge in [-0.1, -0.05) is 0 Å². The number of hydrogen-bond acceptors (Lipinski definition) is 3. The zero-order chi connectivity index (χ0) is 6.41. The third-order valence-electron chi connectivity index (χ3n) is 0.416. The molecule has 0 saturated carbocycles. The number of nitrogens with zero attached hydrogens (tertiary/aromatic N) is 1. The van der Waals surface area contributed by atoms with Crippen molar-refractivity contribution in [1.29, 1.82) is 5.26 Å². The van der Waals surface area contributed by atoms with Gasteiger partial charge in [0.15, 0.2) is 0 Å². The van der Waals surface area contributed by atoms with Crippen molar-refractivity contribution in [2.75, 3.05) is 6.61 Å². The largest absolute Gasteiger partial charge is 0.582 e. The molecule has 3 nitrogen and oxygen atoms in total. The summed E-state index contributed by atoms with van der Waals surface area (Å²) in [6.07, 6.45) is 0.266. The Balaban J connectivity index is 2.97. The Bertz CT molecular complexity index is 121. The standard InChI is InChI=1S/C3H4NO2PS/c4-2-1-3-6-7(5)8/h1,3H2/p+1. The van der Waals surface area contributed by atoms with E-state index in [0.717, 1.165) is 0 Å². The fourth-order valence-corrected chi connectivity index (χ4v) is 0.662. The van der Waals surface area contributed by atoms with Crippen molar-refractivity contribution in [2.45, 2.75) is 6.42 Å². The van der Waals surface area contributed by atoms with Gasteiger partial charge in [-0.25, -0.2) is 0 Å². The molecule has 44 valence electrons. The Kier molecular flexibility index (Phi) is 4.98. The van der Waals surface area contributed by atoms with E-state index in [2.05, 4.69) is 16.8 Å². The highest BCUT2D eigenvalue weighted by molar-refractivity contribution is 8.39. The average molecular weight is 150 g/mol. The Labute approximate surface area is 53.7 Å². The van der Waals surface area contributed by atoms with Crippen LogP contribution in [0.1, 0.15) is 6.42 Å². The van der Waals surface area contributed by atoms with Crippen LogP contribution in [0, 0.1) is 11.3 Å². The molecule has 5 heteroatoms. The summed E-state index contributed by atoms with van der Waals surface area (Å²) < 4.78 is 14.4. The molecule has 0 aliphatic heterocycles. The van der Waals surface area contributed by atoms with Gasteiger partial charge in [0, 0.05) is 0 Å². The van der Waals surface area contributed by atoms with Gasteiger partial charge in [0.25, 0.3) is 0 Å². The SMILES string of the molecule is N#CCCO[P+](=O)S. The normalized spacial score (nSPS) is 10.2. The van der Waals surface area contributed by atoms with Crippen LogP contribution in [0.15, 0.2) is 0 Å². The summed E-state index contributed by atoms with van der Waals surface area (Å²) in [5, 5.41) is 7.93. The van der Waals surface area contributed by atoms with E-state index in [9.17, 15) is 4.57 Å². The first kappa shape index (κ1) is 7.90. The van der Waals surface area contributed by atoms with Gasteiger partial charge in [-0.05, 0) is 4.57 Å². The second-order valence-corrected chi connectivity index (χ2v) is 2.69. The summed E-state index contributed by atoms with van der Waals surface area (Å²) in [5.74, 6) is 0. The van der Waals surface area contributed by atoms with Gasteiger partial charge in [-0.2, -0.15) is 5.26 Å². The van der Waals surface area contributed by atoms with Crippen LogP contribution in [0.3, 0.4) is 0 Å². The monoisotopic (exact) mass is 150 g/mol. The van der Waals surface area contributed by atoms with Crippen LogP contribution >= 0.6 is 19.5 Å². The summed E-state index contributed by atoms with van der Waals surface area (Å²) in [5.41, 5.74) is 0. The van der Waals surface area contributed by atoms with Crippen LogP contribution < -0.4 is 0 Å². The number of rotatable bonds is 3. The van der Waals surface area contributed by atoms with E-state index in [0.29, 0.717) is 0 Å². The van der Waals surface area contributed by atoms with E-state index < -0.39 is 7.23 Å². The second kappa shape index (κ2) is 5.04. The van der Waals surface area contributed by atoms with E-state index >= 15 is 0 Å². The van der Waals surface area contributed by atoms with Gasteiger partial charge < -0.3 is 0 Å². The van der Waals surface area contributed by atoms with Crippen LogP contribution in [0.5, 0.6) is 0 Å². The molecule has 0 rings (SSSR count). The van der Waals surface area contributed by atoms with E-state index in [1.807, 2.05) is 6.07 Å². The third-order valence-corrected chi connectivity index (χ3v) is 1.17. The van der Waals surface area contributed by atoms with Gasteiger partial charge in [0.1, 0.15) is 18.9 Å². The Morgan fingerprint density at radius 3 is 2.88 bits per heavy atom. The zero-order valence-electron chi connectivity index (χ0n) is 4.07. The van der Waals surface area contributed by atoms with Crippen LogP contribution in [-0.4, -0.2) is 6.61 Å². The summed E-state index contributed by atoms with van der Waals surface area (Å²) in [6, 6.07) is 1.84. The first-order chi connectivity index (χ1) is 3.77. The van der Waals surface area contributed by atoms with Crippen molar-refractivity contribution in [3.8, 4) is 6.07 Å². The van der Waals surface area contributed by atoms with Gasteiger partial charge in [0.2, 0.25) is 0 Å². The molecule has 0 bridgehead atoms. The highest BCUT2D eigenvalue weighted by Crippen LogP contribution is 2.26. The van der Waals surface area contributed by atoms with Crippen molar-refractivity contribution in [1.82, 2.24) is 0 Å². The van der Waals surface area contributed by atoms with Crippen LogP contribution in [-0.2, 0) is 9.09 Å². The molecular formula is C3H5NO2PS+. The molecule has 0 aliphatic carbocycles. The van der Waals surface area contributed by atoms with E-state index in [1.165, 1.54) is 0 Å². The minimum atomic E-state index is -1.82. The van der Waals surface area contributed by atoms with Gasteiger partial charge in [-0.3, -0.25) is 0 Å². The summed E-state index contributed by atoms with van der Waals surface area (Å²) in [4.78, 5) is 0. The predicted octanol–water partition coefficient (Wildman–Crippen LogP) is 1.50. The first-order valence-corrected chi connectivity index (χ1v) is 4.26. The molecule has 0 amide bonds. The molecule has 0 aromatic heterocycles. The molecule has 8 heavy (non-hydrogen) atoms. The average Bonchev–Trinajstić information content (AvgIpc) is 1.66. The minimum Gasteiger partial charge on any atom is -0.198 e. The van der Waals surface area contributed by atoms with Gasteiger partial charge >= 0.3 is 7.23 Å². The topological polar surface area (TPSA) is 50.1 Å². The molecule has 1 unspecified atom stereocenters. The van der Waals surface area contributed by atoms with E-state index in [1.54, 1.807) is 0 Å². The van der Waals surface area contributed by atoms with Gasteiger partial charge in [0.05, 0.1) is 12.5 Å². The molecule has 0 aromatic carbocycles. The van der Waals surface area contributed by atoms with Crippen LogP contribution in [0.25, 0.3) is 0 Å². The molecule has 0 aromatic rings. The maximum absolute atomic E-state index is 10.00. The van der Waals surface area contributed by atoms with Crippen molar-refractivity contribution < 1.29 is 9.09 Å². The molecular weight excluding hydrogens is 145 g/mol. The number of nitriles is 1. The second-order valence-electron chi connectivity index (χ2n) is 0.979. The Morgan fingerprint density at radius 1 is 1.88 bits per heavy atom. The Morgan fingerprint density at radius 2 is 2.50 bits per heavy atom.